The predicted octanol–water partition coefficient (Wildman–Crippen LogP) is 6.12. The van der Waals surface area contributed by atoms with Crippen LogP contribution in [-0.4, -0.2) is 29.8 Å². The molecule has 0 aliphatic rings. The first-order valence-electron chi connectivity index (χ1n) is 10.2. The van der Waals surface area contributed by atoms with Gasteiger partial charge >= 0.3 is 0 Å². The molecule has 0 unspecified atom stereocenters. The van der Waals surface area contributed by atoms with E-state index in [2.05, 4.69) is 64.6 Å². The Bertz CT molecular complexity index is 1370. The molecular formula is C25H24ClN3O. The number of rotatable bonds is 6. The minimum absolute atomic E-state index is 0.703. The summed E-state index contributed by atoms with van der Waals surface area (Å²) in [5.41, 5.74) is 4.53. The molecule has 0 fully saturated rings. The third-order valence-electron chi connectivity index (χ3n) is 5.81. The van der Waals surface area contributed by atoms with E-state index >= 15 is 0 Å². The molecule has 0 saturated heterocycles. The second-order valence-electron chi connectivity index (χ2n) is 7.62. The van der Waals surface area contributed by atoms with E-state index in [0.29, 0.717) is 6.61 Å². The van der Waals surface area contributed by atoms with Gasteiger partial charge < -0.3 is 19.6 Å². The van der Waals surface area contributed by atoms with Gasteiger partial charge in [0.2, 0.25) is 0 Å². The summed E-state index contributed by atoms with van der Waals surface area (Å²) in [5, 5.41) is 8.77. The average molecular weight is 418 g/mol. The average Bonchev–Trinajstić information content (AvgIpc) is 3.35. The van der Waals surface area contributed by atoms with Gasteiger partial charge in [-0.25, -0.2) is 0 Å². The van der Waals surface area contributed by atoms with Gasteiger partial charge in [-0.05, 0) is 49.8 Å². The molecule has 0 aliphatic heterocycles. The van der Waals surface area contributed by atoms with Gasteiger partial charge in [-0.3, -0.25) is 0 Å². The number of aryl methyl sites for hydroxylation is 1. The van der Waals surface area contributed by atoms with Crippen LogP contribution >= 0.6 is 11.6 Å². The number of nitrogens with zero attached hydrogens (tertiary/aromatic N) is 1. The fourth-order valence-corrected chi connectivity index (χ4v) is 4.56. The first-order valence-corrected chi connectivity index (χ1v) is 10.6. The number of nitrogens with one attached hydrogen (secondary N) is 2. The summed E-state index contributed by atoms with van der Waals surface area (Å²) in [6.45, 7) is 1.65. The summed E-state index contributed by atoms with van der Waals surface area (Å²) in [5.74, 6) is 0.904. The maximum absolute atomic E-state index is 6.55. The number of hydrogen-bond acceptors (Lipinski definition) is 2. The topological polar surface area (TPSA) is 42.0 Å². The van der Waals surface area contributed by atoms with E-state index in [9.17, 15) is 0 Å². The molecule has 3 aromatic carbocycles. The van der Waals surface area contributed by atoms with Gasteiger partial charge in [-0.1, -0.05) is 29.8 Å². The van der Waals surface area contributed by atoms with Crippen LogP contribution < -0.4 is 10.1 Å². The van der Waals surface area contributed by atoms with E-state index in [4.69, 9.17) is 16.3 Å². The summed E-state index contributed by atoms with van der Waals surface area (Å²) in [7, 11) is 4.07. The number of hydrogen-bond donors (Lipinski definition) is 2. The summed E-state index contributed by atoms with van der Waals surface area (Å²) in [6.07, 6.45) is 5.12. The van der Waals surface area contributed by atoms with Gasteiger partial charge in [0.05, 0.1) is 17.6 Å². The smallest absolute Gasteiger partial charge is 0.121 e. The Kier molecular flexibility index (Phi) is 4.89. The lowest BCUT2D eigenvalue weighted by Gasteiger charge is -2.08. The number of halogens is 1. The van der Waals surface area contributed by atoms with Crippen LogP contribution in [0.15, 0.2) is 60.9 Å². The lowest BCUT2D eigenvalue weighted by Crippen LogP contribution is -2.11. The fraction of sp³-hybridized carbons (Fsp3) is 0.200. The third kappa shape index (κ3) is 3.04. The molecule has 5 aromatic rings. The van der Waals surface area contributed by atoms with Crippen LogP contribution in [0.4, 0.5) is 0 Å². The Hall–Kier alpha value is -2.95. The minimum atomic E-state index is 0.703. The van der Waals surface area contributed by atoms with Crippen molar-refractivity contribution in [2.75, 3.05) is 20.2 Å². The second kappa shape index (κ2) is 7.71. The van der Waals surface area contributed by atoms with Crippen molar-refractivity contribution in [1.82, 2.24) is 14.9 Å². The maximum Gasteiger partial charge on any atom is 0.121 e. The summed E-state index contributed by atoms with van der Waals surface area (Å²) < 4.78 is 8.22. The zero-order chi connectivity index (χ0) is 20.7. The van der Waals surface area contributed by atoms with Crippen molar-refractivity contribution < 1.29 is 4.74 Å². The van der Waals surface area contributed by atoms with Gasteiger partial charge in [0, 0.05) is 57.6 Å². The van der Waals surface area contributed by atoms with Gasteiger partial charge in [0.1, 0.15) is 5.75 Å². The number of H-pyrrole nitrogens is 1. The van der Waals surface area contributed by atoms with Crippen molar-refractivity contribution >= 4 is 44.2 Å². The molecule has 2 aromatic heterocycles. The Morgan fingerprint density at radius 2 is 1.80 bits per heavy atom. The minimum Gasteiger partial charge on any atom is -0.493 e. The molecule has 0 saturated carbocycles. The Morgan fingerprint density at radius 1 is 0.967 bits per heavy atom. The number of benzene rings is 3. The van der Waals surface area contributed by atoms with Crippen molar-refractivity contribution in [3.05, 3.63) is 65.9 Å². The van der Waals surface area contributed by atoms with Gasteiger partial charge in [0.25, 0.3) is 0 Å². The largest absolute Gasteiger partial charge is 0.493 e. The molecule has 0 spiro atoms. The van der Waals surface area contributed by atoms with Gasteiger partial charge in [-0.2, -0.15) is 0 Å². The Labute approximate surface area is 180 Å². The quantitative estimate of drug-likeness (QED) is 0.327. The Morgan fingerprint density at radius 3 is 2.63 bits per heavy atom. The zero-order valence-electron chi connectivity index (χ0n) is 17.1. The molecule has 5 rings (SSSR count). The molecule has 0 bridgehead atoms. The molecule has 0 amide bonds. The summed E-state index contributed by atoms with van der Waals surface area (Å²) in [4.78, 5) is 3.30. The van der Waals surface area contributed by atoms with Crippen LogP contribution in [0, 0.1) is 0 Å². The molecule has 2 N–H and O–H groups in total. The van der Waals surface area contributed by atoms with E-state index in [0.717, 1.165) is 40.4 Å². The van der Waals surface area contributed by atoms with Crippen LogP contribution in [0.3, 0.4) is 0 Å². The van der Waals surface area contributed by atoms with Crippen LogP contribution in [0.25, 0.3) is 43.7 Å². The molecule has 2 heterocycles. The van der Waals surface area contributed by atoms with Crippen LogP contribution in [0.2, 0.25) is 5.02 Å². The highest BCUT2D eigenvalue weighted by Crippen LogP contribution is 2.41. The van der Waals surface area contributed by atoms with Crippen molar-refractivity contribution in [3.8, 4) is 16.9 Å². The van der Waals surface area contributed by atoms with E-state index in [1.54, 1.807) is 0 Å². The first-order chi connectivity index (χ1) is 14.7. The third-order valence-corrected chi connectivity index (χ3v) is 6.14. The SMILES string of the molecule is CNCCCOc1ccc2c3c4c[nH]cc4c(-c4ccccc4Cl)cc3n(C)c2c1. The highest BCUT2D eigenvalue weighted by atomic mass is 35.5. The highest BCUT2D eigenvalue weighted by Gasteiger charge is 2.17. The molecular weight excluding hydrogens is 394 g/mol. The second-order valence-corrected chi connectivity index (χ2v) is 8.03. The Balaban J connectivity index is 1.71. The predicted molar refractivity (Wildman–Crippen MR) is 127 cm³/mol. The number of fused-ring (bicyclic) bond motifs is 5. The van der Waals surface area contributed by atoms with E-state index < -0.39 is 0 Å². The summed E-state index contributed by atoms with van der Waals surface area (Å²) >= 11 is 6.55. The molecule has 0 atom stereocenters. The number of aromatic nitrogens is 2. The lowest BCUT2D eigenvalue weighted by atomic mass is 9.97. The zero-order valence-corrected chi connectivity index (χ0v) is 17.9. The maximum atomic E-state index is 6.55. The molecule has 30 heavy (non-hydrogen) atoms. The molecule has 4 nitrogen and oxygen atoms in total. The summed E-state index contributed by atoms with van der Waals surface area (Å²) in [6, 6.07) is 16.7. The normalized spacial score (nSPS) is 11.7. The van der Waals surface area contributed by atoms with Crippen molar-refractivity contribution in [1.29, 1.82) is 0 Å². The van der Waals surface area contributed by atoms with Gasteiger partial charge in [-0.15, -0.1) is 0 Å². The molecule has 5 heteroatoms. The molecule has 152 valence electrons. The monoisotopic (exact) mass is 417 g/mol. The highest BCUT2D eigenvalue weighted by molar-refractivity contribution is 6.34. The van der Waals surface area contributed by atoms with Crippen molar-refractivity contribution in [2.24, 2.45) is 7.05 Å². The van der Waals surface area contributed by atoms with Gasteiger partial charge in [0.15, 0.2) is 0 Å². The first kappa shape index (κ1) is 19.0. The van der Waals surface area contributed by atoms with E-state index in [1.165, 1.54) is 27.1 Å². The molecule has 0 radical (unpaired) electrons. The van der Waals surface area contributed by atoms with Crippen molar-refractivity contribution in [3.63, 3.8) is 0 Å². The fourth-order valence-electron chi connectivity index (χ4n) is 4.33. The standard InChI is InChI=1S/C25H24ClN3O/c1-27-10-5-11-30-16-8-9-18-23(12-16)29(2)24-13-19(17-6-3-4-7-22(17)26)20-14-28-15-21(20)25(18)24/h3-4,6-9,12-15,27-28H,5,10-11H2,1-2H3. The lowest BCUT2D eigenvalue weighted by molar-refractivity contribution is 0.310. The van der Waals surface area contributed by atoms with E-state index in [-0.39, 0.29) is 0 Å². The van der Waals surface area contributed by atoms with Crippen molar-refractivity contribution in [2.45, 2.75) is 6.42 Å². The molecule has 0 aliphatic carbocycles. The van der Waals surface area contributed by atoms with Crippen LogP contribution in [-0.2, 0) is 7.05 Å². The van der Waals surface area contributed by atoms with Crippen LogP contribution in [0.1, 0.15) is 6.42 Å². The van der Waals surface area contributed by atoms with E-state index in [1.807, 2.05) is 25.2 Å². The van der Waals surface area contributed by atoms with Crippen LogP contribution in [0.5, 0.6) is 5.75 Å². The number of aromatic amines is 1. The number of ether oxygens (including phenoxy) is 1.